The van der Waals surface area contributed by atoms with E-state index in [0.29, 0.717) is 22.9 Å². The van der Waals surface area contributed by atoms with E-state index in [1.165, 1.54) is 4.68 Å². The van der Waals surface area contributed by atoms with Crippen LogP contribution in [0, 0.1) is 5.92 Å². The SMILES string of the molecule is CC(C)Cn1nc(C(=O)NNC(=O)c2ccc(C(C)(C)C)cc2)c2ccccc2c1=O. The fourth-order valence-corrected chi connectivity index (χ4v) is 3.24. The maximum absolute atomic E-state index is 12.8. The average molecular weight is 421 g/mol. The topological polar surface area (TPSA) is 93.1 Å². The summed E-state index contributed by atoms with van der Waals surface area (Å²) in [5.41, 5.74) is 6.20. The molecule has 2 amide bonds. The number of rotatable bonds is 4. The molecule has 1 aromatic heterocycles. The lowest BCUT2D eigenvalue weighted by Crippen LogP contribution is -2.43. The van der Waals surface area contributed by atoms with Crippen molar-refractivity contribution in [3.8, 4) is 0 Å². The standard InChI is InChI=1S/C24H28N4O3/c1-15(2)14-28-23(31)19-9-7-6-8-18(19)20(27-28)22(30)26-25-21(29)16-10-12-17(13-11-16)24(3,4)5/h6-13,15H,14H2,1-5H3,(H,25,29)(H,26,30). The van der Waals surface area contributed by atoms with Crippen LogP contribution in [0.3, 0.4) is 0 Å². The van der Waals surface area contributed by atoms with Crippen molar-refractivity contribution in [1.29, 1.82) is 0 Å². The summed E-state index contributed by atoms with van der Waals surface area (Å²) in [6, 6.07) is 14.1. The maximum Gasteiger partial charge on any atom is 0.290 e. The van der Waals surface area contributed by atoms with E-state index in [1.54, 1.807) is 36.4 Å². The Hall–Kier alpha value is -3.48. The molecule has 0 spiro atoms. The Bertz CT molecular complexity index is 1170. The zero-order valence-electron chi connectivity index (χ0n) is 18.5. The second kappa shape index (κ2) is 8.71. The van der Waals surface area contributed by atoms with Gasteiger partial charge in [-0.3, -0.25) is 25.2 Å². The molecule has 31 heavy (non-hydrogen) atoms. The summed E-state index contributed by atoms with van der Waals surface area (Å²) >= 11 is 0. The van der Waals surface area contributed by atoms with Gasteiger partial charge in [0, 0.05) is 17.5 Å². The van der Waals surface area contributed by atoms with Crippen molar-refractivity contribution >= 4 is 22.6 Å². The van der Waals surface area contributed by atoms with Crippen LogP contribution < -0.4 is 16.4 Å². The van der Waals surface area contributed by atoms with Gasteiger partial charge in [0.2, 0.25) is 0 Å². The maximum atomic E-state index is 12.8. The van der Waals surface area contributed by atoms with Crippen LogP contribution in [0.25, 0.3) is 10.8 Å². The third-order valence-electron chi connectivity index (χ3n) is 4.92. The van der Waals surface area contributed by atoms with E-state index in [0.717, 1.165) is 5.56 Å². The number of carbonyl (C=O) groups is 2. The summed E-state index contributed by atoms with van der Waals surface area (Å²) in [6.45, 7) is 10.6. The summed E-state index contributed by atoms with van der Waals surface area (Å²) in [5, 5.41) is 5.12. The van der Waals surface area contributed by atoms with Gasteiger partial charge in [-0.05, 0) is 35.1 Å². The van der Waals surface area contributed by atoms with Gasteiger partial charge in [0.05, 0.1) is 5.39 Å². The lowest BCUT2D eigenvalue weighted by molar-refractivity contribution is 0.0843. The largest absolute Gasteiger partial charge is 0.290 e. The van der Waals surface area contributed by atoms with Crippen LogP contribution in [0.2, 0.25) is 0 Å². The minimum atomic E-state index is -0.589. The van der Waals surface area contributed by atoms with Crippen LogP contribution in [-0.4, -0.2) is 21.6 Å². The number of nitrogens with zero attached hydrogens (tertiary/aromatic N) is 2. The molecule has 0 fully saturated rings. The molecule has 0 aliphatic heterocycles. The van der Waals surface area contributed by atoms with Crippen LogP contribution >= 0.6 is 0 Å². The molecule has 2 N–H and O–H groups in total. The van der Waals surface area contributed by atoms with E-state index >= 15 is 0 Å². The number of nitrogens with one attached hydrogen (secondary N) is 2. The van der Waals surface area contributed by atoms with Crippen molar-refractivity contribution in [1.82, 2.24) is 20.6 Å². The highest BCUT2D eigenvalue weighted by molar-refractivity contribution is 6.06. The molecule has 0 bridgehead atoms. The van der Waals surface area contributed by atoms with Gasteiger partial charge in [-0.15, -0.1) is 0 Å². The van der Waals surface area contributed by atoms with Crippen molar-refractivity contribution in [3.63, 3.8) is 0 Å². The molecule has 7 heteroatoms. The van der Waals surface area contributed by atoms with Gasteiger partial charge >= 0.3 is 0 Å². The molecular formula is C24H28N4O3. The first-order valence-corrected chi connectivity index (χ1v) is 10.3. The minimum absolute atomic E-state index is 0.0188. The normalized spacial score (nSPS) is 11.5. The fourth-order valence-electron chi connectivity index (χ4n) is 3.24. The van der Waals surface area contributed by atoms with Crippen molar-refractivity contribution in [2.75, 3.05) is 0 Å². The summed E-state index contributed by atoms with van der Waals surface area (Å²) in [6.07, 6.45) is 0. The molecule has 7 nitrogen and oxygen atoms in total. The second-order valence-corrected chi connectivity index (χ2v) is 9.01. The summed E-state index contributed by atoms with van der Waals surface area (Å²) in [4.78, 5) is 38.0. The van der Waals surface area contributed by atoms with Gasteiger partial charge in [-0.2, -0.15) is 5.10 Å². The van der Waals surface area contributed by atoms with Crippen molar-refractivity contribution in [2.45, 2.75) is 46.6 Å². The first-order chi connectivity index (χ1) is 14.6. The van der Waals surface area contributed by atoms with E-state index in [9.17, 15) is 14.4 Å². The number of benzene rings is 2. The lowest BCUT2D eigenvalue weighted by Gasteiger charge is -2.19. The Morgan fingerprint density at radius 1 is 0.935 bits per heavy atom. The van der Waals surface area contributed by atoms with E-state index < -0.39 is 11.8 Å². The number of hydrogen-bond acceptors (Lipinski definition) is 4. The molecule has 0 saturated carbocycles. The molecule has 2 aromatic carbocycles. The van der Waals surface area contributed by atoms with Gasteiger partial charge in [0.15, 0.2) is 5.69 Å². The molecule has 0 atom stereocenters. The van der Waals surface area contributed by atoms with Crippen LogP contribution in [0.4, 0.5) is 0 Å². The second-order valence-electron chi connectivity index (χ2n) is 9.01. The third kappa shape index (κ3) is 4.99. The molecule has 0 radical (unpaired) electrons. The molecule has 162 valence electrons. The van der Waals surface area contributed by atoms with E-state index in [2.05, 4.69) is 36.7 Å². The highest BCUT2D eigenvalue weighted by atomic mass is 16.2. The molecule has 0 aliphatic rings. The third-order valence-corrected chi connectivity index (χ3v) is 4.92. The quantitative estimate of drug-likeness (QED) is 0.633. The Morgan fingerprint density at radius 3 is 2.10 bits per heavy atom. The number of hydrazine groups is 1. The smallest absolute Gasteiger partial charge is 0.267 e. The van der Waals surface area contributed by atoms with Gasteiger partial charge in [-0.1, -0.05) is 65.0 Å². The molecule has 0 aliphatic carbocycles. The summed E-state index contributed by atoms with van der Waals surface area (Å²) in [5.74, 6) is -0.847. The van der Waals surface area contributed by atoms with Crippen molar-refractivity contribution in [2.24, 2.45) is 5.92 Å². The predicted molar refractivity (Wildman–Crippen MR) is 121 cm³/mol. The van der Waals surface area contributed by atoms with Crippen LogP contribution in [0.1, 0.15) is 61.0 Å². The molecule has 0 saturated heterocycles. The van der Waals surface area contributed by atoms with E-state index in [-0.39, 0.29) is 22.6 Å². The predicted octanol–water partition coefficient (Wildman–Crippen LogP) is 3.42. The van der Waals surface area contributed by atoms with Gasteiger partial charge in [0.25, 0.3) is 17.4 Å². The molecule has 0 unspecified atom stereocenters. The number of hydrogen-bond donors (Lipinski definition) is 2. The summed E-state index contributed by atoms with van der Waals surface area (Å²) in [7, 11) is 0. The number of fused-ring (bicyclic) bond motifs is 1. The number of aromatic nitrogens is 2. The molecular weight excluding hydrogens is 392 g/mol. The minimum Gasteiger partial charge on any atom is -0.267 e. The van der Waals surface area contributed by atoms with Gasteiger partial charge in [-0.25, -0.2) is 4.68 Å². The van der Waals surface area contributed by atoms with Crippen LogP contribution in [-0.2, 0) is 12.0 Å². The van der Waals surface area contributed by atoms with Crippen LogP contribution in [0.5, 0.6) is 0 Å². The molecule has 3 aromatic rings. The van der Waals surface area contributed by atoms with Gasteiger partial charge in [0.1, 0.15) is 0 Å². The first kappa shape index (κ1) is 22.2. The fraction of sp³-hybridized carbons (Fsp3) is 0.333. The summed E-state index contributed by atoms with van der Waals surface area (Å²) < 4.78 is 1.30. The Morgan fingerprint density at radius 2 is 1.52 bits per heavy atom. The van der Waals surface area contributed by atoms with Gasteiger partial charge < -0.3 is 0 Å². The number of amides is 2. The first-order valence-electron chi connectivity index (χ1n) is 10.3. The van der Waals surface area contributed by atoms with Crippen LogP contribution in [0.15, 0.2) is 53.3 Å². The zero-order chi connectivity index (χ0) is 22.8. The molecule has 3 rings (SSSR count). The highest BCUT2D eigenvalue weighted by Gasteiger charge is 2.18. The number of carbonyl (C=O) groups excluding carboxylic acids is 2. The highest BCUT2D eigenvalue weighted by Crippen LogP contribution is 2.22. The monoisotopic (exact) mass is 420 g/mol. The van der Waals surface area contributed by atoms with Crippen molar-refractivity contribution in [3.05, 3.63) is 75.7 Å². The Balaban J connectivity index is 1.82. The van der Waals surface area contributed by atoms with E-state index in [1.807, 2.05) is 26.0 Å². The average Bonchev–Trinajstić information content (AvgIpc) is 2.73. The van der Waals surface area contributed by atoms with E-state index in [4.69, 9.17) is 0 Å². The Kier molecular flexibility index (Phi) is 6.24. The zero-order valence-corrected chi connectivity index (χ0v) is 18.5. The van der Waals surface area contributed by atoms with Crippen molar-refractivity contribution < 1.29 is 9.59 Å². The molecule has 1 heterocycles. The lowest BCUT2D eigenvalue weighted by atomic mass is 9.87. The Labute approximate surface area is 181 Å².